The van der Waals surface area contributed by atoms with Crippen molar-refractivity contribution in [1.82, 2.24) is 10.3 Å². The Bertz CT molecular complexity index is 384. The van der Waals surface area contributed by atoms with Gasteiger partial charge in [-0.1, -0.05) is 20.8 Å². The SMILES string of the molecule is CCCNC(Cc1cncc(Br)c1)C(OCC)C(C)C. The molecule has 0 fully saturated rings. The number of hydrogen-bond donors (Lipinski definition) is 1. The van der Waals surface area contributed by atoms with Crippen LogP contribution in [-0.2, 0) is 11.2 Å². The Labute approximate surface area is 131 Å². The number of nitrogens with one attached hydrogen (secondary N) is 1. The number of hydrogen-bond acceptors (Lipinski definition) is 3. The summed E-state index contributed by atoms with van der Waals surface area (Å²) < 4.78 is 7.00. The predicted molar refractivity (Wildman–Crippen MR) is 88.0 cm³/mol. The molecule has 2 unspecified atom stereocenters. The van der Waals surface area contributed by atoms with Crippen LogP contribution in [0, 0.1) is 5.92 Å². The van der Waals surface area contributed by atoms with Crippen LogP contribution in [0.5, 0.6) is 0 Å². The Balaban J connectivity index is 2.81. The number of aromatic nitrogens is 1. The molecule has 20 heavy (non-hydrogen) atoms. The third-order valence-corrected chi connectivity index (χ3v) is 3.72. The van der Waals surface area contributed by atoms with Gasteiger partial charge in [0.1, 0.15) is 0 Å². The minimum absolute atomic E-state index is 0.227. The second-order valence-corrected chi connectivity index (χ2v) is 6.36. The van der Waals surface area contributed by atoms with Gasteiger partial charge in [0.05, 0.1) is 6.10 Å². The minimum atomic E-state index is 0.227. The monoisotopic (exact) mass is 342 g/mol. The fraction of sp³-hybridized carbons (Fsp3) is 0.688. The Morgan fingerprint density at radius 2 is 2.05 bits per heavy atom. The molecule has 1 aromatic rings. The lowest BCUT2D eigenvalue weighted by molar-refractivity contribution is 0.00360. The van der Waals surface area contributed by atoms with Crippen molar-refractivity contribution in [2.45, 2.75) is 52.7 Å². The van der Waals surface area contributed by atoms with Gasteiger partial charge in [0.25, 0.3) is 0 Å². The van der Waals surface area contributed by atoms with Crippen LogP contribution in [0.2, 0.25) is 0 Å². The van der Waals surface area contributed by atoms with Crippen LogP contribution >= 0.6 is 15.9 Å². The molecule has 1 N–H and O–H groups in total. The maximum absolute atomic E-state index is 5.97. The zero-order chi connectivity index (χ0) is 15.0. The van der Waals surface area contributed by atoms with E-state index in [0.29, 0.717) is 12.0 Å². The Morgan fingerprint density at radius 3 is 2.60 bits per heavy atom. The number of rotatable bonds is 9. The van der Waals surface area contributed by atoms with E-state index in [4.69, 9.17) is 4.74 Å². The molecular weight excluding hydrogens is 316 g/mol. The third kappa shape index (κ3) is 5.90. The van der Waals surface area contributed by atoms with Crippen molar-refractivity contribution in [2.75, 3.05) is 13.2 Å². The maximum atomic E-state index is 5.97. The molecule has 0 spiro atoms. The van der Waals surface area contributed by atoms with Crippen molar-refractivity contribution >= 4 is 15.9 Å². The van der Waals surface area contributed by atoms with Gasteiger partial charge in [0.15, 0.2) is 0 Å². The average Bonchev–Trinajstić information content (AvgIpc) is 2.41. The molecule has 0 bridgehead atoms. The molecule has 1 rings (SSSR count). The zero-order valence-corrected chi connectivity index (χ0v) is 14.6. The maximum Gasteiger partial charge on any atom is 0.0753 e. The Morgan fingerprint density at radius 1 is 1.30 bits per heavy atom. The summed E-state index contributed by atoms with van der Waals surface area (Å²) in [4.78, 5) is 4.25. The van der Waals surface area contributed by atoms with Crippen LogP contribution in [0.1, 0.15) is 39.7 Å². The number of nitrogens with zero attached hydrogens (tertiary/aromatic N) is 1. The molecule has 114 valence electrons. The summed E-state index contributed by atoms with van der Waals surface area (Å²) in [5.41, 5.74) is 1.23. The Hall–Kier alpha value is -0.450. The first-order valence-electron chi connectivity index (χ1n) is 7.52. The fourth-order valence-electron chi connectivity index (χ4n) is 2.42. The van der Waals surface area contributed by atoms with E-state index < -0.39 is 0 Å². The van der Waals surface area contributed by atoms with Gasteiger partial charge in [-0.2, -0.15) is 0 Å². The molecule has 1 aromatic heterocycles. The predicted octanol–water partition coefficient (Wildman–Crippen LogP) is 3.82. The molecule has 0 saturated carbocycles. The normalized spacial score (nSPS) is 14.5. The highest BCUT2D eigenvalue weighted by Gasteiger charge is 2.24. The van der Waals surface area contributed by atoms with E-state index in [9.17, 15) is 0 Å². The van der Waals surface area contributed by atoms with Crippen LogP contribution in [-0.4, -0.2) is 30.3 Å². The van der Waals surface area contributed by atoms with Crippen LogP contribution in [0.4, 0.5) is 0 Å². The summed E-state index contributed by atoms with van der Waals surface area (Å²) >= 11 is 3.49. The van der Waals surface area contributed by atoms with Crippen molar-refractivity contribution in [2.24, 2.45) is 5.92 Å². The molecule has 0 radical (unpaired) electrons. The molecule has 0 saturated heterocycles. The van der Waals surface area contributed by atoms with Crippen molar-refractivity contribution < 1.29 is 4.74 Å². The van der Waals surface area contributed by atoms with Crippen LogP contribution in [0.25, 0.3) is 0 Å². The van der Waals surface area contributed by atoms with Gasteiger partial charge in [-0.05, 0) is 59.8 Å². The Kier molecular flexibility index (Phi) is 8.34. The molecule has 3 nitrogen and oxygen atoms in total. The van der Waals surface area contributed by atoms with Crippen molar-refractivity contribution in [3.05, 3.63) is 28.5 Å². The quantitative estimate of drug-likeness (QED) is 0.740. The molecule has 0 aliphatic carbocycles. The van der Waals surface area contributed by atoms with E-state index in [1.807, 2.05) is 12.4 Å². The van der Waals surface area contributed by atoms with E-state index in [2.05, 4.69) is 60.0 Å². The summed E-state index contributed by atoms with van der Waals surface area (Å²) in [6.07, 6.45) is 6.06. The molecule has 0 amide bonds. The van der Waals surface area contributed by atoms with E-state index in [-0.39, 0.29) is 6.10 Å². The first-order chi connectivity index (χ1) is 9.58. The van der Waals surface area contributed by atoms with Crippen molar-refractivity contribution in [1.29, 1.82) is 0 Å². The fourth-order valence-corrected chi connectivity index (χ4v) is 2.83. The van der Waals surface area contributed by atoms with Gasteiger partial charge < -0.3 is 10.1 Å². The van der Waals surface area contributed by atoms with E-state index in [1.165, 1.54) is 5.56 Å². The van der Waals surface area contributed by atoms with Crippen molar-refractivity contribution in [3.63, 3.8) is 0 Å². The lowest BCUT2D eigenvalue weighted by Gasteiger charge is -2.31. The van der Waals surface area contributed by atoms with E-state index in [1.54, 1.807) is 0 Å². The molecule has 0 aromatic carbocycles. The lowest BCUT2D eigenvalue weighted by Crippen LogP contribution is -2.46. The summed E-state index contributed by atoms with van der Waals surface area (Å²) in [6.45, 7) is 10.5. The summed E-state index contributed by atoms with van der Waals surface area (Å²) in [7, 11) is 0. The third-order valence-electron chi connectivity index (χ3n) is 3.29. The highest BCUT2D eigenvalue weighted by molar-refractivity contribution is 9.10. The largest absolute Gasteiger partial charge is 0.377 e. The molecule has 2 atom stereocenters. The second-order valence-electron chi connectivity index (χ2n) is 5.44. The first kappa shape index (κ1) is 17.6. The van der Waals surface area contributed by atoms with Crippen LogP contribution in [0.3, 0.4) is 0 Å². The van der Waals surface area contributed by atoms with Gasteiger partial charge in [-0.3, -0.25) is 4.98 Å². The average molecular weight is 343 g/mol. The number of pyridine rings is 1. The molecular formula is C16H27BrN2O. The smallest absolute Gasteiger partial charge is 0.0753 e. The van der Waals surface area contributed by atoms with Crippen molar-refractivity contribution in [3.8, 4) is 0 Å². The van der Waals surface area contributed by atoms with Gasteiger partial charge in [0, 0.05) is 29.5 Å². The van der Waals surface area contributed by atoms with E-state index >= 15 is 0 Å². The van der Waals surface area contributed by atoms with Gasteiger partial charge >= 0.3 is 0 Å². The second kappa shape index (κ2) is 9.48. The first-order valence-corrected chi connectivity index (χ1v) is 8.32. The lowest BCUT2D eigenvalue weighted by atomic mass is 9.94. The van der Waals surface area contributed by atoms with Gasteiger partial charge in [-0.25, -0.2) is 0 Å². The zero-order valence-electron chi connectivity index (χ0n) is 13.0. The van der Waals surface area contributed by atoms with Crippen LogP contribution in [0.15, 0.2) is 22.9 Å². The molecule has 0 aliphatic heterocycles. The molecule has 1 heterocycles. The van der Waals surface area contributed by atoms with Gasteiger partial charge in [-0.15, -0.1) is 0 Å². The van der Waals surface area contributed by atoms with Gasteiger partial charge in [0.2, 0.25) is 0 Å². The summed E-state index contributed by atoms with van der Waals surface area (Å²) in [6, 6.07) is 2.46. The minimum Gasteiger partial charge on any atom is -0.377 e. The summed E-state index contributed by atoms with van der Waals surface area (Å²) in [5.74, 6) is 0.490. The molecule has 4 heteroatoms. The topological polar surface area (TPSA) is 34.2 Å². The standard InChI is InChI=1S/C16H27BrN2O/c1-5-7-19-15(16(12(3)4)20-6-2)9-13-8-14(17)11-18-10-13/h8,10-12,15-16,19H,5-7,9H2,1-4H3. The number of ether oxygens (including phenoxy) is 1. The molecule has 0 aliphatic rings. The number of halogens is 1. The summed E-state index contributed by atoms with van der Waals surface area (Å²) in [5, 5.41) is 3.64. The van der Waals surface area contributed by atoms with Crippen LogP contribution < -0.4 is 5.32 Å². The highest BCUT2D eigenvalue weighted by Crippen LogP contribution is 2.17. The highest BCUT2D eigenvalue weighted by atomic mass is 79.9. The van der Waals surface area contributed by atoms with E-state index in [0.717, 1.165) is 30.5 Å².